The standard InChI is InChI=1S/C16H17Cl2N7O2/c1-8-12(26)25(9-5-6-10(17)11(18)7-9)13(19)24(8)15-20-14(23(2)3)21-16(22-15)27-4/h5-8,19H,1-4H3/t8-/m1/s1. The molecule has 1 aromatic heterocycles. The molecule has 3 rings (SSSR count). The first-order valence-corrected chi connectivity index (χ1v) is 8.64. The van der Waals surface area contributed by atoms with Gasteiger partial charge in [0.05, 0.1) is 22.8 Å². The highest BCUT2D eigenvalue weighted by Gasteiger charge is 2.43. The Balaban J connectivity index is 2.05. The number of ether oxygens (including phenoxy) is 1. The summed E-state index contributed by atoms with van der Waals surface area (Å²) in [6.07, 6.45) is 0. The summed E-state index contributed by atoms with van der Waals surface area (Å²) in [5, 5.41) is 9.18. The third-order valence-electron chi connectivity index (χ3n) is 3.96. The Kier molecular flexibility index (Phi) is 5.07. The van der Waals surface area contributed by atoms with Crippen LogP contribution in [0.1, 0.15) is 6.92 Å². The molecule has 2 aromatic rings. The van der Waals surface area contributed by atoms with Crippen LogP contribution in [0.3, 0.4) is 0 Å². The lowest BCUT2D eigenvalue weighted by molar-refractivity contribution is -0.117. The van der Waals surface area contributed by atoms with Crippen LogP contribution in [0.2, 0.25) is 10.0 Å². The van der Waals surface area contributed by atoms with Crippen LogP contribution in [0.5, 0.6) is 6.01 Å². The molecule has 1 aliphatic rings. The van der Waals surface area contributed by atoms with Gasteiger partial charge >= 0.3 is 6.01 Å². The molecule has 0 spiro atoms. The van der Waals surface area contributed by atoms with Crippen molar-refractivity contribution in [2.45, 2.75) is 13.0 Å². The van der Waals surface area contributed by atoms with Crippen molar-refractivity contribution in [3.63, 3.8) is 0 Å². The fraction of sp³-hybridized carbons (Fsp3) is 0.312. The number of amides is 1. The normalized spacial score (nSPS) is 16.9. The highest BCUT2D eigenvalue weighted by molar-refractivity contribution is 6.42. The minimum Gasteiger partial charge on any atom is -0.467 e. The molecule has 142 valence electrons. The maximum Gasteiger partial charge on any atom is 0.322 e. The Labute approximate surface area is 166 Å². The summed E-state index contributed by atoms with van der Waals surface area (Å²) in [6.45, 7) is 1.67. The number of benzene rings is 1. The summed E-state index contributed by atoms with van der Waals surface area (Å²) >= 11 is 12.0. The maximum absolute atomic E-state index is 12.8. The molecule has 1 atom stereocenters. The van der Waals surface area contributed by atoms with Gasteiger partial charge < -0.3 is 9.64 Å². The highest BCUT2D eigenvalue weighted by Crippen LogP contribution is 2.32. The number of hydrogen-bond donors (Lipinski definition) is 1. The number of hydrogen-bond acceptors (Lipinski definition) is 7. The van der Waals surface area contributed by atoms with Gasteiger partial charge in [0.25, 0.3) is 5.91 Å². The zero-order chi connectivity index (χ0) is 19.9. The number of nitrogens with one attached hydrogen (secondary N) is 1. The fourth-order valence-corrected chi connectivity index (χ4v) is 2.86. The zero-order valence-corrected chi connectivity index (χ0v) is 16.6. The second kappa shape index (κ2) is 7.16. The van der Waals surface area contributed by atoms with Gasteiger partial charge in [-0.1, -0.05) is 23.2 Å². The zero-order valence-electron chi connectivity index (χ0n) is 15.1. The molecule has 0 unspecified atom stereocenters. The average Bonchev–Trinajstić information content (AvgIpc) is 2.86. The smallest absolute Gasteiger partial charge is 0.322 e. The number of halogens is 2. The molecule has 27 heavy (non-hydrogen) atoms. The van der Waals surface area contributed by atoms with Gasteiger partial charge in [-0.2, -0.15) is 15.0 Å². The van der Waals surface area contributed by atoms with Crippen LogP contribution in [0.15, 0.2) is 18.2 Å². The van der Waals surface area contributed by atoms with Crippen LogP contribution in [-0.2, 0) is 4.79 Å². The van der Waals surface area contributed by atoms with E-state index in [4.69, 9.17) is 33.3 Å². The third kappa shape index (κ3) is 3.35. The fourth-order valence-electron chi connectivity index (χ4n) is 2.57. The SMILES string of the molecule is COc1nc(N(C)C)nc(N2C(=N)N(c3ccc(Cl)c(Cl)c3)C(=O)[C@H]2C)n1. The van der Waals surface area contributed by atoms with Gasteiger partial charge in [0.2, 0.25) is 17.9 Å². The monoisotopic (exact) mass is 409 g/mol. The molecule has 1 aliphatic heterocycles. The average molecular weight is 410 g/mol. The van der Waals surface area contributed by atoms with Crippen molar-refractivity contribution in [2.75, 3.05) is 35.9 Å². The number of rotatable bonds is 4. The van der Waals surface area contributed by atoms with Crippen LogP contribution < -0.4 is 19.4 Å². The van der Waals surface area contributed by atoms with Crippen molar-refractivity contribution in [2.24, 2.45) is 0 Å². The first-order valence-electron chi connectivity index (χ1n) is 7.88. The molecule has 1 amide bonds. The summed E-state index contributed by atoms with van der Waals surface area (Å²) in [7, 11) is 4.97. The Morgan fingerprint density at radius 3 is 2.48 bits per heavy atom. The number of carbonyl (C=O) groups excluding carboxylic acids is 1. The van der Waals surface area contributed by atoms with Gasteiger partial charge in [0, 0.05) is 14.1 Å². The van der Waals surface area contributed by atoms with E-state index in [-0.39, 0.29) is 28.8 Å². The van der Waals surface area contributed by atoms with Crippen molar-refractivity contribution in [1.82, 2.24) is 15.0 Å². The summed E-state index contributed by atoms with van der Waals surface area (Å²) in [4.78, 5) is 29.8. The second-order valence-electron chi connectivity index (χ2n) is 5.96. The van der Waals surface area contributed by atoms with E-state index in [0.717, 1.165) is 0 Å². The van der Waals surface area contributed by atoms with Crippen molar-refractivity contribution >= 4 is 52.7 Å². The number of methoxy groups -OCH3 is 1. The van der Waals surface area contributed by atoms with E-state index in [1.54, 1.807) is 38.1 Å². The van der Waals surface area contributed by atoms with Crippen LogP contribution in [-0.4, -0.2) is 54.1 Å². The molecule has 1 fully saturated rings. The van der Waals surface area contributed by atoms with Crippen molar-refractivity contribution in [3.8, 4) is 6.01 Å². The van der Waals surface area contributed by atoms with E-state index >= 15 is 0 Å². The Hall–Kier alpha value is -2.65. The van der Waals surface area contributed by atoms with Gasteiger partial charge in [-0.05, 0) is 25.1 Å². The molecular formula is C16H17Cl2N7O2. The molecule has 9 nitrogen and oxygen atoms in total. The molecular weight excluding hydrogens is 393 g/mol. The molecule has 1 saturated heterocycles. The van der Waals surface area contributed by atoms with E-state index in [2.05, 4.69) is 15.0 Å². The predicted molar refractivity (Wildman–Crippen MR) is 104 cm³/mol. The molecule has 1 N–H and O–H groups in total. The van der Waals surface area contributed by atoms with Crippen LogP contribution >= 0.6 is 23.2 Å². The van der Waals surface area contributed by atoms with Crippen molar-refractivity contribution < 1.29 is 9.53 Å². The molecule has 11 heteroatoms. The number of nitrogens with zero attached hydrogens (tertiary/aromatic N) is 6. The minimum absolute atomic E-state index is 0.0872. The minimum atomic E-state index is -0.700. The summed E-state index contributed by atoms with van der Waals surface area (Å²) in [5.74, 6) is 0.0595. The predicted octanol–water partition coefficient (Wildman–Crippen LogP) is 2.43. The lowest BCUT2D eigenvalue weighted by Gasteiger charge is -2.21. The van der Waals surface area contributed by atoms with Crippen LogP contribution in [0, 0.1) is 5.41 Å². The van der Waals surface area contributed by atoms with Gasteiger partial charge in [-0.25, -0.2) is 4.90 Å². The summed E-state index contributed by atoms with van der Waals surface area (Å²) in [5.41, 5.74) is 0.433. The topological polar surface area (TPSA) is 98.5 Å². The van der Waals surface area contributed by atoms with Gasteiger partial charge in [0.15, 0.2) is 0 Å². The molecule has 0 bridgehead atoms. The first kappa shape index (κ1) is 19.1. The Morgan fingerprint density at radius 2 is 1.89 bits per heavy atom. The third-order valence-corrected chi connectivity index (χ3v) is 4.69. The molecule has 2 heterocycles. The molecule has 0 saturated carbocycles. The molecule has 0 radical (unpaired) electrons. The Bertz CT molecular complexity index is 922. The van der Waals surface area contributed by atoms with Crippen molar-refractivity contribution in [1.29, 1.82) is 5.41 Å². The summed E-state index contributed by atoms with van der Waals surface area (Å²) < 4.78 is 5.13. The lowest BCUT2D eigenvalue weighted by atomic mass is 10.2. The Morgan fingerprint density at radius 1 is 1.19 bits per heavy atom. The van der Waals surface area contributed by atoms with Crippen molar-refractivity contribution in [3.05, 3.63) is 28.2 Å². The number of guanidine groups is 1. The largest absolute Gasteiger partial charge is 0.467 e. The lowest BCUT2D eigenvalue weighted by Crippen LogP contribution is -2.36. The number of carbonyl (C=O) groups is 1. The molecule has 0 aliphatic carbocycles. The van der Waals surface area contributed by atoms with Gasteiger partial charge in [-0.3, -0.25) is 15.1 Å². The van der Waals surface area contributed by atoms with Gasteiger partial charge in [-0.15, -0.1) is 0 Å². The maximum atomic E-state index is 12.8. The van der Waals surface area contributed by atoms with Crippen LogP contribution in [0.4, 0.5) is 17.6 Å². The first-order chi connectivity index (χ1) is 12.7. The second-order valence-corrected chi connectivity index (χ2v) is 6.77. The van der Waals surface area contributed by atoms with E-state index in [0.29, 0.717) is 16.7 Å². The van der Waals surface area contributed by atoms with Crippen LogP contribution in [0.25, 0.3) is 0 Å². The quantitative estimate of drug-likeness (QED) is 0.827. The van der Waals surface area contributed by atoms with E-state index in [9.17, 15) is 4.79 Å². The van der Waals surface area contributed by atoms with Gasteiger partial charge in [0.1, 0.15) is 6.04 Å². The van der Waals surface area contributed by atoms with E-state index in [1.807, 2.05) is 0 Å². The summed E-state index contributed by atoms with van der Waals surface area (Å²) in [6, 6.07) is 4.11. The van der Waals surface area contributed by atoms with E-state index < -0.39 is 6.04 Å². The number of anilines is 3. The van der Waals surface area contributed by atoms with E-state index in [1.165, 1.54) is 23.0 Å². The number of aromatic nitrogens is 3. The molecule has 1 aromatic carbocycles. The highest BCUT2D eigenvalue weighted by atomic mass is 35.5.